The van der Waals surface area contributed by atoms with Crippen LogP contribution in [0.3, 0.4) is 0 Å². The summed E-state index contributed by atoms with van der Waals surface area (Å²) in [5.41, 5.74) is 1.74. The highest BCUT2D eigenvalue weighted by Gasteiger charge is 2.15. The van der Waals surface area contributed by atoms with Gasteiger partial charge in [-0.25, -0.2) is 0 Å². The second-order valence-electron chi connectivity index (χ2n) is 5.98. The summed E-state index contributed by atoms with van der Waals surface area (Å²) in [5, 5.41) is 6.42. The van der Waals surface area contributed by atoms with E-state index in [2.05, 4.69) is 28.3 Å². The summed E-state index contributed by atoms with van der Waals surface area (Å²) in [6.07, 6.45) is 0. The van der Waals surface area contributed by atoms with E-state index in [-0.39, 0.29) is 0 Å². The molecule has 0 aliphatic heterocycles. The van der Waals surface area contributed by atoms with Gasteiger partial charge in [0.05, 0.1) is 13.2 Å². The molecule has 3 aromatic carbocycles. The van der Waals surface area contributed by atoms with Gasteiger partial charge in [-0.1, -0.05) is 47.6 Å². The first kappa shape index (κ1) is 17.1. The largest absolute Gasteiger partial charge is 0.490 e. The Morgan fingerprint density at radius 3 is 2.48 bits per heavy atom. The fourth-order valence-electron chi connectivity index (χ4n) is 3.05. The molecule has 0 radical (unpaired) electrons. The maximum absolute atomic E-state index is 5.69. The highest BCUT2D eigenvalue weighted by molar-refractivity contribution is 5.95. The highest BCUT2D eigenvalue weighted by Crippen LogP contribution is 2.34. The lowest BCUT2D eigenvalue weighted by molar-refractivity contribution is 0.288. The van der Waals surface area contributed by atoms with Gasteiger partial charge in [0.2, 0.25) is 5.82 Å². The molecule has 0 atom stereocenters. The van der Waals surface area contributed by atoms with Crippen molar-refractivity contribution >= 4 is 10.8 Å². The molecule has 4 aromatic rings. The average Bonchev–Trinajstić information content (AvgIpc) is 3.19. The Morgan fingerprint density at radius 1 is 0.852 bits per heavy atom. The zero-order valence-corrected chi connectivity index (χ0v) is 15.3. The first-order chi connectivity index (χ1) is 13.3. The van der Waals surface area contributed by atoms with Gasteiger partial charge in [-0.15, -0.1) is 0 Å². The summed E-state index contributed by atoms with van der Waals surface area (Å²) < 4.78 is 16.8. The van der Waals surface area contributed by atoms with E-state index in [0.717, 1.165) is 21.9 Å². The van der Waals surface area contributed by atoms with Gasteiger partial charge < -0.3 is 14.0 Å². The quantitative estimate of drug-likeness (QED) is 0.464. The summed E-state index contributed by atoms with van der Waals surface area (Å²) in [5.74, 6) is 2.38. The molecule has 0 saturated carbocycles. The Balaban J connectivity index is 1.73. The van der Waals surface area contributed by atoms with Crippen molar-refractivity contribution in [3.8, 4) is 34.3 Å². The van der Waals surface area contributed by atoms with Crippen LogP contribution in [0, 0.1) is 0 Å². The fraction of sp³-hybridized carbons (Fsp3) is 0.182. The van der Waals surface area contributed by atoms with Gasteiger partial charge in [0.1, 0.15) is 0 Å². The number of rotatable bonds is 6. The molecule has 4 rings (SSSR count). The molecule has 0 saturated heterocycles. The third-order valence-electron chi connectivity index (χ3n) is 4.25. The number of nitrogens with zero attached hydrogens (tertiary/aromatic N) is 2. The van der Waals surface area contributed by atoms with Crippen molar-refractivity contribution in [2.75, 3.05) is 13.2 Å². The lowest BCUT2D eigenvalue weighted by atomic mass is 10.0. The second kappa shape index (κ2) is 7.50. The number of ether oxygens (including phenoxy) is 2. The second-order valence-corrected chi connectivity index (χ2v) is 5.98. The molecular formula is C22H20N2O3. The molecule has 5 heteroatoms. The molecule has 1 aromatic heterocycles. The number of fused-ring (bicyclic) bond motifs is 1. The van der Waals surface area contributed by atoms with Gasteiger partial charge in [0.15, 0.2) is 11.5 Å². The van der Waals surface area contributed by atoms with E-state index in [1.807, 2.05) is 56.3 Å². The van der Waals surface area contributed by atoms with Crippen molar-refractivity contribution in [1.29, 1.82) is 0 Å². The molecule has 0 aliphatic rings. The van der Waals surface area contributed by atoms with E-state index < -0.39 is 0 Å². The van der Waals surface area contributed by atoms with Crippen LogP contribution in [-0.4, -0.2) is 23.4 Å². The van der Waals surface area contributed by atoms with Gasteiger partial charge in [0, 0.05) is 11.1 Å². The first-order valence-corrected chi connectivity index (χ1v) is 9.02. The minimum atomic E-state index is 0.446. The van der Waals surface area contributed by atoms with Crippen LogP contribution in [0.15, 0.2) is 65.2 Å². The maximum Gasteiger partial charge on any atom is 0.258 e. The van der Waals surface area contributed by atoms with Crippen molar-refractivity contribution in [1.82, 2.24) is 10.1 Å². The van der Waals surface area contributed by atoms with E-state index in [9.17, 15) is 0 Å². The summed E-state index contributed by atoms with van der Waals surface area (Å²) in [6, 6.07) is 19.9. The van der Waals surface area contributed by atoms with Crippen molar-refractivity contribution in [2.24, 2.45) is 0 Å². The average molecular weight is 360 g/mol. The molecule has 0 N–H and O–H groups in total. The number of hydrogen-bond acceptors (Lipinski definition) is 5. The zero-order valence-electron chi connectivity index (χ0n) is 15.3. The molecule has 5 nitrogen and oxygen atoms in total. The van der Waals surface area contributed by atoms with Gasteiger partial charge in [0.25, 0.3) is 5.89 Å². The normalized spacial score (nSPS) is 10.9. The van der Waals surface area contributed by atoms with Gasteiger partial charge >= 0.3 is 0 Å². The lowest BCUT2D eigenvalue weighted by Gasteiger charge is -2.11. The minimum Gasteiger partial charge on any atom is -0.490 e. The number of hydrogen-bond donors (Lipinski definition) is 0. The Labute approximate surface area is 157 Å². The molecule has 136 valence electrons. The standard InChI is InChI=1S/C22H20N2O3/c1-3-25-19-13-12-16(14-20(19)26-4-2)22-23-21(24-27-22)18-11-7-9-15-8-5-6-10-17(15)18/h5-14H,3-4H2,1-2H3. The molecule has 0 unspecified atom stereocenters. The fourth-order valence-corrected chi connectivity index (χ4v) is 3.05. The van der Waals surface area contributed by atoms with E-state index in [4.69, 9.17) is 14.0 Å². The van der Waals surface area contributed by atoms with E-state index >= 15 is 0 Å². The van der Waals surface area contributed by atoms with Crippen molar-refractivity contribution < 1.29 is 14.0 Å². The van der Waals surface area contributed by atoms with E-state index in [0.29, 0.717) is 36.4 Å². The molecule has 0 fully saturated rings. The third-order valence-corrected chi connectivity index (χ3v) is 4.25. The first-order valence-electron chi connectivity index (χ1n) is 9.02. The van der Waals surface area contributed by atoms with Crippen LogP contribution in [0.5, 0.6) is 11.5 Å². The number of benzene rings is 3. The predicted octanol–water partition coefficient (Wildman–Crippen LogP) is 5.35. The summed E-state index contributed by atoms with van der Waals surface area (Å²) in [4.78, 5) is 4.60. The molecule has 0 aliphatic carbocycles. The van der Waals surface area contributed by atoms with E-state index in [1.54, 1.807) is 0 Å². The van der Waals surface area contributed by atoms with E-state index in [1.165, 1.54) is 0 Å². The van der Waals surface area contributed by atoms with Crippen LogP contribution in [0.25, 0.3) is 33.6 Å². The summed E-state index contributed by atoms with van der Waals surface area (Å²) >= 11 is 0. The molecule has 0 spiro atoms. The highest BCUT2D eigenvalue weighted by atomic mass is 16.5. The van der Waals surface area contributed by atoms with Crippen molar-refractivity contribution in [2.45, 2.75) is 13.8 Å². The Hall–Kier alpha value is -3.34. The van der Waals surface area contributed by atoms with Crippen LogP contribution < -0.4 is 9.47 Å². The number of aromatic nitrogens is 2. The van der Waals surface area contributed by atoms with Gasteiger partial charge in [-0.05, 0) is 42.8 Å². The molecular weight excluding hydrogens is 340 g/mol. The maximum atomic E-state index is 5.69. The topological polar surface area (TPSA) is 57.4 Å². The SMILES string of the molecule is CCOc1ccc(-c2nc(-c3cccc4ccccc34)no2)cc1OCC. The molecule has 0 bridgehead atoms. The Kier molecular flexibility index (Phi) is 4.75. The predicted molar refractivity (Wildman–Crippen MR) is 105 cm³/mol. The van der Waals surface area contributed by atoms with Gasteiger partial charge in [-0.3, -0.25) is 0 Å². The summed E-state index contributed by atoms with van der Waals surface area (Å²) in [7, 11) is 0. The van der Waals surface area contributed by atoms with Crippen LogP contribution in [-0.2, 0) is 0 Å². The zero-order chi connectivity index (χ0) is 18.6. The Morgan fingerprint density at radius 2 is 1.63 bits per heavy atom. The summed E-state index contributed by atoms with van der Waals surface area (Å²) in [6.45, 7) is 5.01. The van der Waals surface area contributed by atoms with Crippen molar-refractivity contribution in [3.63, 3.8) is 0 Å². The molecule has 27 heavy (non-hydrogen) atoms. The smallest absolute Gasteiger partial charge is 0.258 e. The Bertz CT molecular complexity index is 1070. The molecule has 1 heterocycles. The van der Waals surface area contributed by atoms with Crippen LogP contribution in [0.4, 0.5) is 0 Å². The lowest BCUT2D eigenvalue weighted by Crippen LogP contribution is -1.98. The van der Waals surface area contributed by atoms with Gasteiger partial charge in [-0.2, -0.15) is 4.98 Å². The van der Waals surface area contributed by atoms with Crippen LogP contribution in [0.2, 0.25) is 0 Å². The van der Waals surface area contributed by atoms with Crippen LogP contribution >= 0.6 is 0 Å². The minimum absolute atomic E-state index is 0.446. The van der Waals surface area contributed by atoms with Crippen LogP contribution in [0.1, 0.15) is 13.8 Å². The van der Waals surface area contributed by atoms with Crippen molar-refractivity contribution in [3.05, 3.63) is 60.7 Å². The monoisotopic (exact) mass is 360 g/mol. The molecule has 0 amide bonds. The third kappa shape index (κ3) is 3.36.